The number of hydrogen-bond acceptors (Lipinski definition) is 6. The van der Waals surface area contributed by atoms with Crippen LogP contribution in [-0.4, -0.2) is 36.4 Å². The van der Waals surface area contributed by atoms with Crippen molar-refractivity contribution in [1.29, 1.82) is 0 Å². The fraction of sp³-hybridized carbons (Fsp3) is 0.263. The maximum atomic E-state index is 13.7. The number of hydrogen-bond donors (Lipinski definition) is 1. The number of rotatable bonds is 5. The molecule has 0 bridgehead atoms. The van der Waals surface area contributed by atoms with Gasteiger partial charge < -0.3 is 9.47 Å². The lowest BCUT2D eigenvalue weighted by atomic mass is 10.2. The average molecular weight is 418 g/mol. The smallest absolute Gasteiger partial charge is 0.265 e. The van der Waals surface area contributed by atoms with Crippen LogP contribution in [0.5, 0.6) is 11.6 Å². The molecule has 2 aromatic heterocycles. The van der Waals surface area contributed by atoms with Crippen LogP contribution in [0.15, 0.2) is 47.6 Å². The molecular formula is C19H19FN4O4S. The standard InChI is InChI=1S/C19H19FN4O4S/c1-3-27-17-5-4-13(20)8-18(17)29(25,26)23-14-9-15-16-6-7-22-24(16)12(2)11-28-19(15)21-10-14/h4-10,12,23H,3,11H2,1-2H3/t12-/m0/s1. The van der Waals surface area contributed by atoms with Gasteiger partial charge in [-0.3, -0.25) is 9.40 Å². The first-order valence-corrected chi connectivity index (χ1v) is 10.5. The minimum absolute atomic E-state index is 0.00427. The number of nitrogens with zero attached hydrogens (tertiary/aromatic N) is 3. The number of pyridine rings is 1. The predicted molar refractivity (Wildman–Crippen MR) is 104 cm³/mol. The van der Waals surface area contributed by atoms with Crippen LogP contribution < -0.4 is 14.2 Å². The molecule has 4 rings (SSSR count). The summed E-state index contributed by atoms with van der Waals surface area (Å²) in [6, 6.07) is 6.78. The number of fused-ring (bicyclic) bond motifs is 3. The molecule has 0 unspecified atom stereocenters. The third kappa shape index (κ3) is 3.63. The van der Waals surface area contributed by atoms with E-state index in [1.165, 1.54) is 12.3 Å². The van der Waals surface area contributed by atoms with Crippen LogP contribution in [0.2, 0.25) is 0 Å². The quantitative estimate of drug-likeness (QED) is 0.684. The Balaban J connectivity index is 1.73. The van der Waals surface area contributed by atoms with E-state index in [4.69, 9.17) is 9.47 Å². The molecule has 0 aliphatic carbocycles. The minimum Gasteiger partial charge on any atom is -0.492 e. The molecular weight excluding hydrogens is 399 g/mol. The molecule has 0 saturated heterocycles. The summed E-state index contributed by atoms with van der Waals surface area (Å²) in [5.74, 6) is -0.223. The molecule has 3 aromatic rings. The zero-order valence-electron chi connectivity index (χ0n) is 15.8. The van der Waals surface area contributed by atoms with E-state index in [9.17, 15) is 12.8 Å². The highest BCUT2D eigenvalue weighted by atomic mass is 32.2. The topological polar surface area (TPSA) is 95.3 Å². The summed E-state index contributed by atoms with van der Waals surface area (Å²) in [5.41, 5.74) is 1.58. The Morgan fingerprint density at radius 3 is 2.97 bits per heavy atom. The molecule has 29 heavy (non-hydrogen) atoms. The van der Waals surface area contributed by atoms with E-state index < -0.39 is 15.8 Å². The van der Waals surface area contributed by atoms with Crippen molar-refractivity contribution in [1.82, 2.24) is 14.8 Å². The van der Waals surface area contributed by atoms with Crippen molar-refractivity contribution in [2.75, 3.05) is 17.9 Å². The van der Waals surface area contributed by atoms with Crippen molar-refractivity contribution in [3.05, 3.63) is 48.5 Å². The number of ether oxygens (including phenoxy) is 2. The van der Waals surface area contributed by atoms with E-state index in [0.29, 0.717) is 18.1 Å². The molecule has 0 fully saturated rings. The Morgan fingerprint density at radius 1 is 1.34 bits per heavy atom. The molecule has 0 amide bonds. The molecule has 1 aromatic carbocycles. The van der Waals surface area contributed by atoms with Gasteiger partial charge in [-0.15, -0.1) is 0 Å². The number of nitrogens with one attached hydrogen (secondary N) is 1. The molecule has 10 heteroatoms. The lowest BCUT2D eigenvalue weighted by Crippen LogP contribution is -2.15. The molecule has 1 atom stereocenters. The molecule has 0 spiro atoms. The summed E-state index contributed by atoms with van der Waals surface area (Å²) in [6.45, 7) is 4.31. The summed E-state index contributed by atoms with van der Waals surface area (Å²) < 4.78 is 54.8. The van der Waals surface area contributed by atoms with Gasteiger partial charge in [0.1, 0.15) is 23.1 Å². The Bertz CT molecular complexity index is 1160. The van der Waals surface area contributed by atoms with Gasteiger partial charge in [0.2, 0.25) is 5.88 Å². The highest BCUT2D eigenvalue weighted by Gasteiger charge is 2.25. The SMILES string of the molecule is CCOc1ccc(F)cc1S(=O)(=O)Nc1cnc2c(c1)-c1ccnn1[C@@H](C)CO2. The third-order valence-electron chi connectivity index (χ3n) is 4.42. The third-order valence-corrected chi connectivity index (χ3v) is 5.83. The molecule has 152 valence electrons. The van der Waals surface area contributed by atoms with Crippen molar-refractivity contribution in [2.24, 2.45) is 0 Å². The van der Waals surface area contributed by atoms with Gasteiger partial charge in [0.05, 0.1) is 35.8 Å². The molecule has 1 aliphatic rings. The fourth-order valence-electron chi connectivity index (χ4n) is 3.13. The summed E-state index contributed by atoms with van der Waals surface area (Å²) in [4.78, 5) is 3.96. The number of aromatic nitrogens is 3. The monoisotopic (exact) mass is 418 g/mol. The first-order chi connectivity index (χ1) is 13.9. The van der Waals surface area contributed by atoms with Gasteiger partial charge in [0, 0.05) is 6.20 Å². The number of sulfonamides is 1. The number of benzene rings is 1. The normalized spacial score (nSPS) is 15.6. The van der Waals surface area contributed by atoms with Crippen LogP contribution in [0.25, 0.3) is 11.3 Å². The predicted octanol–water partition coefficient (Wildman–Crippen LogP) is 3.24. The first-order valence-electron chi connectivity index (χ1n) is 9.01. The second-order valence-electron chi connectivity index (χ2n) is 6.53. The number of anilines is 1. The van der Waals surface area contributed by atoms with Crippen LogP contribution in [-0.2, 0) is 10.0 Å². The highest BCUT2D eigenvalue weighted by Crippen LogP contribution is 2.35. The Kier molecular flexibility index (Phi) is 4.87. The molecule has 1 N–H and O–H groups in total. The molecule has 3 heterocycles. The van der Waals surface area contributed by atoms with Crippen molar-refractivity contribution in [3.63, 3.8) is 0 Å². The van der Waals surface area contributed by atoms with Crippen molar-refractivity contribution < 1.29 is 22.3 Å². The fourth-order valence-corrected chi connectivity index (χ4v) is 4.32. The minimum atomic E-state index is -4.12. The molecule has 0 saturated carbocycles. The van der Waals surface area contributed by atoms with Gasteiger partial charge in [0.15, 0.2) is 0 Å². The maximum Gasteiger partial charge on any atom is 0.265 e. The van der Waals surface area contributed by atoms with Crippen LogP contribution in [0.4, 0.5) is 10.1 Å². The average Bonchev–Trinajstić information content (AvgIpc) is 3.13. The van der Waals surface area contributed by atoms with Crippen LogP contribution in [0.3, 0.4) is 0 Å². The summed E-state index contributed by atoms with van der Waals surface area (Å²) in [6.07, 6.45) is 3.02. The van der Waals surface area contributed by atoms with E-state index in [1.54, 1.807) is 23.9 Å². The zero-order chi connectivity index (χ0) is 20.6. The van der Waals surface area contributed by atoms with E-state index in [1.807, 2.05) is 13.0 Å². The van der Waals surface area contributed by atoms with Gasteiger partial charge >= 0.3 is 0 Å². The van der Waals surface area contributed by atoms with Crippen LogP contribution in [0, 0.1) is 5.82 Å². The lowest BCUT2D eigenvalue weighted by molar-refractivity contribution is 0.252. The molecule has 1 aliphatic heterocycles. The van der Waals surface area contributed by atoms with Gasteiger partial charge in [-0.25, -0.2) is 17.8 Å². The Hall–Kier alpha value is -3.14. The Labute approximate surface area is 167 Å². The largest absolute Gasteiger partial charge is 0.492 e. The van der Waals surface area contributed by atoms with Crippen molar-refractivity contribution >= 4 is 15.7 Å². The molecule has 8 nitrogen and oxygen atoms in total. The summed E-state index contributed by atoms with van der Waals surface area (Å²) in [5, 5.41) is 4.30. The molecule has 0 radical (unpaired) electrons. The Morgan fingerprint density at radius 2 is 2.17 bits per heavy atom. The van der Waals surface area contributed by atoms with Crippen LogP contribution >= 0.6 is 0 Å². The van der Waals surface area contributed by atoms with Crippen molar-refractivity contribution in [3.8, 4) is 22.9 Å². The second-order valence-corrected chi connectivity index (χ2v) is 8.18. The number of halogens is 1. The van der Waals surface area contributed by atoms with E-state index in [2.05, 4.69) is 14.8 Å². The van der Waals surface area contributed by atoms with E-state index >= 15 is 0 Å². The van der Waals surface area contributed by atoms with Crippen molar-refractivity contribution in [2.45, 2.75) is 24.8 Å². The summed E-state index contributed by atoms with van der Waals surface area (Å²) in [7, 11) is -4.12. The first kappa shape index (κ1) is 19.2. The summed E-state index contributed by atoms with van der Waals surface area (Å²) >= 11 is 0. The zero-order valence-corrected chi connectivity index (χ0v) is 16.6. The van der Waals surface area contributed by atoms with E-state index in [0.717, 1.165) is 17.8 Å². The van der Waals surface area contributed by atoms with Gasteiger partial charge in [-0.2, -0.15) is 5.10 Å². The van der Waals surface area contributed by atoms with Gasteiger partial charge in [-0.1, -0.05) is 0 Å². The lowest BCUT2D eigenvalue weighted by Gasteiger charge is -2.14. The highest BCUT2D eigenvalue weighted by molar-refractivity contribution is 7.92. The maximum absolute atomic E-state index is 13.7. The van der Waals surface area contributed by atoms with E-state index in [-0.39, 0.29) is 29.0 Å². The van der Waals surface area contributed by atoms with Gasteiger partial charge in [-0.05, 0) is 44.2 Å². The van der Waals surface area contributed by atoms with Crippen LogP contribution in [0.1, 0.15) is 19.9 Å². The van der Waals surface area contributed by atoms with Gasteiger partial charge in [0.25, 0.3) is 10.0 Å². The second kappa shape index (κ2) is 7.36.